The second-order valence-corrected chi connectivity index (χ2v) is 6.61. The summed E-state index contributed by atoms with van der Waals surface area (Å²) in [6.07, 6.45) is -4.59. The summed E-state index contributed by atoms with van der Waals surface area (Å²) < 4.78 is 39.2. The molecule has 0 saturated heterocycles. The Morgan fingerprint density at radius 3 is 2.44 bits per heavy atom. The summed E-state index contributed by atoms with van der Waals surface area (Å²) in [4.78, 5) is 26.0. The number of alkyl halides is 3. The Morgan fingerprint density at radius 2 is 1.74 bits per heavy atom. The molecule has 0 bridgehead atoms. The van der Waals surface area contributed by atoms with Crippen LogP contribution in [-0.4, -0.2) is 29.0 Å². The molecule has 0 aromatic heterocycles. The van der Waals surface area contributed by atoms with Crippen molar-refractivity contribution < 1.29 is 22.8 Å². The number of benzene rings is 2. The van der Waals surface area contributed by atoms with Gasteiger partial charge >= 0.3 is 6.18 Å². The monoisotopic (exact) mass is 392 g/mol. The lowest BCUT2D eigenvalue weighted by Crippen LogP contribution is -2.39. The van der Waals surface area contributed by atoms with Gasteiger partial charge < -0.3 is 10.2 Å². The molecule has 3 rings (SSSR count). The Bertz CT molecular complexity index is 882. The highest BCUT2D eigenvalue weighted by atomic mass is 32.2. The first-order valence-corrected chi connectivity index (χ1v) is 9.05. The molecule has 8 heteroatoms. The van der Waals surface area contributed by atoms with Crippen LogP contribution in [0.3, 0.4) is 0 Å². The summed E-state index contributed by atoms with van der Waals surface area (Å²) >= 11 is 1.31. The van der Waals surface area contributed by atoms with Gasteiger partial charge in [0.25, 0.3) is 0 Å². The van der Waals surface area contributed by atoms with E-state index in [0.29, 0.717) is 5.70 Å². The highest BCUT2D eigenvalue weighted by Crippen LogP contribution is 2.34. The summed E-state index contributed by atoms with van der Waals surface area (Å²) in [5.41, 5.74) is 0.0365. The zero-order chi connectivity index (χ0) is 19.4. The van der Waals surface area contributed by atoms with Gasteiger partial charge in [-0.1, -0.05) is 42.5 Å². The van der Waals surface area contributed by atoms with E-state index in [1.165, 1.54) is 34.9 Å². The number of nitrogens with one attached hydrogen (secondary N) is 1. The predicted molar refractivity (Wildman–Crippen MR) is 98.7 cm³/mol. The number of carbonyl (C=O) groups excluding carboxylic acids is 2. The molecule has 140 valence electrons. The molecule has 0 aliphatic carbocycles. The van der Waals surface area contributed by atoms with Gasteiger partial charge in [0.15, 0.2) is 0 Å². The van der Waals surface area contributed by atoms with Gasteiger partial charge in [0.05, 0.1) is 22.7 Å². The number of para-hydroxylation sites is 1. The van der Waals surface area contributed by atoms with Gasteiger partial charge in [0, 0.05) is 0 Å². The van der Waals surface area contributed by atoms with E-state index in [9.17, 15) is 22.8 Å². The van der Waals surface area contributed by atoms with Crippen LogP contribution in [0.4, 0.5) is 18.9 Å². The number of hydrogen-bond donors (Lipinski definition) is 1. The Labute approximate surface area is 158 Å². The largest absolute Gasteiger partial charge is 0.418 e. The normalized spacial score (nSPS) is 14.7. The highest BCUT2D eigenvalue weighted by Gasteiger charge is 2.34. The lowest BCUT2D eigenvalue weighted by molar-refractivity contribution is -0.137. The molecule has 2 aromatic carbocycles. The Balaban J connectivity index is 1.80. The lowest BCUT2D eigenvalue weighted by atomic mass is 10.1. The van der Waals surface area contributed by atoms with Crippen molar-refractivity contribution >= 4 is 35.0 Å². The molecule has 1 aliphatic heterocycles. The Kier molecular flexibility index (Phi) is 5.55. The fraction of sp³-hybridized carbons (Fsp3) is 0.158. The molecular weight excluding hydrogens is 377 g/mol. The minimum absolute atomic E-state index is 0.169. The molecule has 4 nitrogen and oxygen atoms in total. The minimum atomic E-state index is -4.59. The van der Waals surface area contributed by atoms with Crippen LogP contribution in [0.2, 0.25) is 0 Å². The summed E-state index contributed by atoms with van der Waals surface area (Å²) in [6.45, 7) is -0.369. The number of nitrogens with zero attached hydrogens (tertiary/aromatic N) is 1. The first-order valence-electron chi connectivity index (χ1n) is 8.00. The number of thioether (sulfide) groups is 1. The zero-order valence-corrected chi connectivity index (χ0v) is 14.8. The standard InChI is InChI=1S/C19H15F3N2O2S/c20-19(21,22)14-8-4-5-9-15(14)23-17(25)10-24-16(11-27-12-18(24)26)13-6-2-1-3-7-13/h1-9,11H,10,12H2,(H,23,25). The smallest absolute Gasteiger partial charge is 0.324 e. The fourth-order valence-corrected chi connectivity index (χ4v) is 3.45. The van der Waals surface area contributed by atoms with E-state index < -0.39 is 17.6 Å². The average Bonchev–Trinajstić information content (AvgIpc) is 2.63. The van der Waals surface area contributed by atoms with Gasteiger partial charge in [-0.3, -0.25) is 9.59 Å². The first kappa shape index (κ1) is 19.0. The zero-order valence-electron chi connectivity index (χ0n) is 14.0. The molecule has 0 radical (unpaired) electrons. The molecule has 0 fully saturated rings. The van der Waals surface area contributed by atoms with E-state index in [4.69, 9.17) is 0 Å². The molecule has 0 atom stereocenters. The molecule has 0 spiro atoms. The number of carbonyl (C=O) groups is 2. The first-order chi connectivity index (χ1) is 12.9. The van der Waals surface area contributed by atoms with Gasteiger partial charge in [0.2, 0.25) is 11.8 Å². The van der Waals surface area contributed by atoms with E-state index in [2.05, 4.69) is 5.32 Å². The molecular formula is C19H15F3N2O2S. The molecule has 2 amide bonds. The van der Waals surface area contributed by atoms with E-state index in [-0.39, 0.29) is 23.9 Å². The molecule has 0 saturated carbocycles. The summed E-state index contributed by atoms with van der Waals surface area (Å²) in [6, 6.07) is 13.8. The van der Waals surface area contributed by atoms with Crippen LogP contribution in [-0.2, 0) is 15.8 Å². The molecule has 0 unspecified atom stereocenters. The van der Waals surface area contributed by atoms with Gasteiger partial charge in [-0.25, -0.2) is 0 Å². The fourth-order valence-electron chi connectivity index (χ4n) is 2.65. The predicted octanol–water partition coefficient (Wildman–Crippen LogP) is 4.22. The summed E-state index contributed by atoms with van der Waals surface area (Å²) in [5, 5.41) is 4.04. The van der Waals surface area contributed by atoms with Crippen molar-refractivity contribution in [2.45, 2.75) is 6.18 Å². The van der Waals surface area contributed by atoms with E-state index in [1.54, 1.807) is 29.7 Å². The van der Waals surface area contributed by atoms with Gasteiger partial charge in [-0.15, -0.1) is 11.8 Å². The van der Waals surface area contributed by atoms with Crippen molar-refractivity contribution in [2.24, 2.45) is 0 Å². The van der Waals surface area contributed by atoms with E-state index in [0.717, 1.165) is 11.6 Å². The maximum absolute atomic E-state index is 13.1. The quantitative estimate of drug-likeness (QED) is 0.848. The van der Waals surface area contributed by atoms with Crippen molar-refractivity contribution in [2.75, 3.05) is 17.6 Å². The SMILES string of the molecule is O=C(CN1C(=O)CSC=C1c1ccccc1)Nc1ccccc1C(F)(F)F. The van der Waals surface area contributed by atoms with Crippen LogP contribution in [0, 0.1) is 0 Å². The van der Waals surface area contributed by atoms with Crippen LogP contribution >= 0.6 is 11.8 Å². The summed E-state index contributed by atoms with van der Waals surface area (Å²) in [7, 11) is 0. The Hall–Kier alpha value is -2.74. The number of rotatable bonds is 4. The second-order valence-electron chi connectivity index (χ2n) is 5.75. The maximum atomic E-state index is 13.1. The van der Waals surface area contributed by atoms with Crippen molar-refractivity contribution in [3.63, 3.8) is 0 Å². The molecule has 1 aliphatic rings. The molecule has 1 N–H and O–H groups in total. The molecule has 27 heavy (non-hydrogen) atoms. The topological polar surface area (TPSA) is 49.4 Å². The number of halogens is 3. The van der Waals surface area contributed by atoms with E-state index in [1.807, 2.05) is 6.07 Å². The maximum Gasteiger partial charge on any atom is 0.418 e. The van der Waals surface area contributed by atoms with Crippen LogP contribution < -0.4 is 5.32 Å². The van der Waals surface area contributed by atoms with Crippen molar-refractivity contribution in [1.82, 2.24) is 4.90 Å². The second kappa shape index (κ2) is 7.87. The number of amides is 2. The van der Waals surface area contributed by atoms with Crippen LogP contribution in [0.15, 0.2) is 60.0 Å². The van der Waals surface area contributed by atoms with Crippen LogP contribution in [0.5, 0.6) is 0 Å². The van der Waals surface area contributed by atoms with Gasteiger partial charge in [-0.2, -0.15) is 13.2 Å². The molecule has 1 heterocycles. The molecule has 2 aromatic rings. The number of hydrogen-bond acceptors (Lipinski definition) is 3. The minimum Gasteiger partial charge on any atom is -0.324 e. The van der Waals surface area contributed by atoms with E-state index >= 15 is 0 Å². The van der Waals surface area contributed by atoms with Crippen LogP contribution in [0.1, 0.15) is 11.1 Å². The van der Waals surface area contributed by atoms with Crippen molar-refractivity contribution in [3.8, 4) is 0 Å². The Morgan fingerprint density at radius 1 is 1.07 bits per heavy atom. The number of anilines is 1. The van der Waals surface area contributed by atoms with Crippen LogP contribution in [0.25, 0.3) is 5.70 Å². The lowest BCUT2D eigenvalue weighted by Gasteiger charge is -2.28. The van der Waals surface area contributed by atoms with Gasteiger partial charge in [-0.05, 0) is 23.1 Å². The third kappa shape index (κ3) is 4.51. The highest BCUT2D eigenvalue weighted by molar-refractivity contribution is 8.03. The van der Waals surface area contributed by atoms with Crippen molar-refractivity contribution in [3.05, 3.63) is 71.1 Å². The summed E-state index contributed by atoms with van der Waals surface area (Å²) in [5.74, 6) is -0.808. The third-order valence-corrected chi connectivity index (χ3v) is 4.67. The average molecular weight is 392 g/mol. The third-order valence-electron chi connectivity index (χ3n) is 3.87. The van der Waals surface area contributed by atoms with Crippen molar-refractivity contribution in [1.29, 1.82) is 0 Å². The van der Waals surface area contributed by atoms with Gasteiger partial charge in [0.1, 0.15) is 6.54 Å².